The van der Waals surface area contributed by atoms with Crippen LogP contribution in [0.25, 0.3) is 0 Å². The molecule has 1 aromatic heterocycles. The van der Waals surface area contributed by atoms with E-state index in [9.17, 15) is 9.59 Å². The number of nitrogens with zero attached hydrogens (tertiary/aromatic N) is 5. The zero-order valence-electron chi connectivity index (χ0n) is 17.9. The normalized spacial score (nSPS) is 23.7. The van der Waals surface area contributed by atoms with Crippen molar-refractivity contribution in [3.05, 3.63) is 48.0 Å². The molecule has 2 amide bonds. The first-order valence-corrected chi connectivity index (χ1v) is 10.8. The Labute approximate surface area is 177 Å². The van der Waals surface area contributed by atoms with E-state index < -0.39 is 0 Å². The van der Waals surface area contributed by atoms with Gasteiger partial charge in [0.1, 0.15) is 12.2 Å². The van der Waals surface area contributed by atoms with Gasteiger partial charge in [0.25, 0.3) is 0 Å². The van der Waals surface area contributed by atoms with Gasteiger partial charge in [-0.1, -0.05) is 44.2 Å². The van der Waals surface area contributed by atoms with Crippen LogP contribution in [0.15, 0.2) is 36.7 Å². The molecule has 0 N–H and O–H groups in total. The van der Waals surface area contributed by atoms with Crippen LogP contribution < -0.4 is 0 Å². The molecule has 1 saturated carbocycles. The lowest BCUT2D eigenvalue weighted by Crippen LogP contribution is -2.63. The number of aryl methyl sites for hydroxylation is 1. The molecule has 5 rings (SSSR count). The molecule has 7 heteroatoms. The SMILES string of the molecule is CC(C)C(=O)N1CC(c2nncn2C)C2(C1)CN(C(=O)C1(c3ccccc3)CC1)C2. The first-order valence-electron chi connectivity index (χ1n) is 10.8. The van der Waals surface area contributed by atoms with E-state index in [1.54, 1.807) is 6.33 Å². The fourth-order valence-electron chi connectivity index (χ4n) is 5.45. The minimum atomic E-state index is -0.338. The van der Waals surface area contributed by atoms with E-state index in [2.05, 4.69) is 22.3 Å². The van der Waals surface area contributed by atoms with Crippen molar-refractivity contribution in [1.29, 1.82) is 0 Å². The third-order valence-electron chi connectivity index (χ3n) is 7.30. The van der Waals surface area contributed by atoms with Gasteiger partial charge in [-0.05, 0) is 18.4 Å². The van der Waals surface area contributed by atoms with Crippen LogP contribution in [0.5, 0.6) is 0 Å². The highest BCUT2D eigenvalue weighted by Crippen LogP contribution is 2.54. The molecule has 7 nitrogen and oxygen atoms in total. The first kappa shape index (κ1) is 19.3. The van der Waals surface area contributed by atoms with E-state index in [-0.39, 0.29) is 34.5 Å². The van der Waals surface area contributed by atoms with Gasteiger partial charge in [0.15, 0.2) is 0 Å². The summed E-state index contributed by atoms with van der Waals surface area (Å²) < 4.78 is 1.95. The molecule has 158 valence electrons. The van der Waals surface area contributed by atoms with Crippen LogP contribution in [0.4, 0.5) is 0 Å². The van der Waals surface area contributed by atoms with E-state index in [1.165, 1.54) is 0 Å². The lowest BCUT2D eigenvalue weighted by molar-refractivity contribution is -0.147. The van der Waals surface area contributed by atoms with Crippen molar-refractivity contribution in [3.8, 4) is 0 Å². The molecule has 1 aromatic carbocycles. The quantitative estimate of drug-likeness (QED) is 0.777. The molecule has 2 aromatic rings. The highest BCUT2D eigenvalue weighted by molar-refractivity contribution is 5.92. The van der Waals surface area contributed by atoms with E-state index in [4.69, 9.17) is 0 Å². The minimum Gasteiger partial charge on any atom is -0.341 e. The summed E-state index contributed by atoms with van der Waals surface area (Å²) >= 11 is 0. The number of aromatic nitrogens is 3. The molecule has 1 aliphatic carbocycles. The van der Waals surface area contributed by atoms with E-state index >= 15 is 0 Å². The molecule has 2 aliphatic heterocycles. The highest BCUT2D eigenvalue weighted by atomic mass is 16.2. The van der Waals surface area contributed by atoms with E-state index in [0.717, 1.165) is 24.2 Å². The smallest absolute Gasteiger partial charge is 0.233 e. The molecule has 30 heavy (non-hydrogen) atoms. The molecule has 1 spiro atoms. The minimum absolute atomic E-state index is 0.0362. The molecule has 0 radical (unpaired) electrons. The van der Waals surface area contributed by atoms with Gasteiger partial charge in [-0.15, -0.1) is 10.2 Å². The molecule has 3 heterocycles. The molecule has 1 atom stereocenters. The predicted octanol–water partition coefficient (Wildman–Crippen LogP) is 1.96. The lowest BCUT2D eigenvalue weighted by atomic mass is 9.70. The van der Waals surface area contributed by atoms with Crippen molar-refractivity contribution in [2.45, 2.75) is 38.0 Å². The number of likely N-dealkylation sites (tertiary alicyclic amines) is 2. The second-order valence-electron chi connectivity index (χ2n) is 9.70. The van der Waals surface area contributed by atoms with Crippen LogP contribution in [-0.2, 0) is 22.1 Å². The monoisotopic (exact) mass is 407 g/mol. The van der Waals surface area contributed by atoms with Crippen LogP contribution in [0.3, 0.4) is 0 Å². The fraction of sp³-hybridized carbons (Fsp3) is 0.565. The number of amides is 2. The Morgan fingerprint density at radius 3 is 2.30 bits per heavy atom. The molecule has 2 saturated heterocycles. The Balaban J connectivity index is 1.38. The van der Waals surface area contributed by atoms with Crippen molar-refractivity contribution in [1.82, 2.24) is 24.6 Å². The summed E-state index contributed by atoms with van der Waals surface area (Å²) in [7, 11) is 1.95. The predicted molar refractivity (Wildman–Crippen MR) is 112 cm³/mol. The second-order valence-corrected chi connectivity index (χ2v) is 9.70. The lowest BCUT2D eigenvalue weighted by Gasteiger charge is -2.51. The number of hydrogen-bond donors (Lipinski definition) is 0. The van der Waals surface area contributed by atoms with Gasteiger partial charge in [0.05, 0.1) is 5.41 Å². The maximum absolute atomic E-state index is 13.4. The van der Waals surface area contributed by atoms with Crippen LogP contribution in [-0.4, -0.2) is 62.6 Å². The Kier molecular flexibility index (Phi) is 4.27. The third-order valence-corrected chi connectivity index (χ3v) is 7.30. The van der Waals surface area contributed by atoms with Gasteiger partial charge < -0.3 is 14.4 Å². The Hall–Kier alpha value is -2.70. The number of hydrogen-bond acceptors (Lipinski definition) is 4. The number of carbonyl (C=O) groups excluding carboxylic acids is 2. The third kappa shape index (κ3) is 2.78. The Morgan fingerprint density at radius 1 is 1.07 bits per heavy atom. The zero-order chi connectivity index (χ0) is 21.1. The van der Waals surface area contributed by atoms with Gasteiger partial charge in [-0.25, -0.2) is 0 Å². The number of benzene rings is 1. The summed E-state index contributed by atoms with van der Waals surface area (Å²) in [4.78, 5) is 30.2. The van der Waals surface area contributed by atoms with Gasteiger partial charge in [0.2, 0.25) is 11.8 Å². The Bertz CT molecular complexity index is 972. The standard InChI is InChI=1S/C23H29N5O2/c1-16(2)20(29)27-11-18(19-25-24-15-26(19)3)22(12-27)13-28(14-22)21(30)23(9-10-23)17-7-5-4-6-8-17/h4-8,15-16,18H,9-14H2,1-3H3. The van der Waals surface area contributed by atoms with Gasteiger partial charge in [-0.3, -0.25) is 9.59 Å². The van der Waals surface area contributed by atoms with Gasteiger partial charge >= 0.3 is 0 Å². The average Bonchev–Trinajstić information content (AvgIpc) is 3.28. The summed E-state index contributed by atoms with van der Waals surface area (Å²) in [5, 5.41) is 8.43. The average molecular weight is 408 g/mol. The number of carbonyl (C=O) groups is 2. The van der Waals surface area contributed by atoms with Crippen molar-refractivity contribution in [3.63, 3.8) is 0 Å². The summed E-state index contributed by atoms with van der Waals surface area (Å²) in [5.41, 5.74) is 0.659. The largest absolute Gasteiger partial charge is 0.341 e. The molecule has 0 bridgehead atoms. The molecule has 3 fully saturated rings. The van der Waals surface area contributed by atoms with Gasteiger partial charge in [-0.2, -0.15) is 0 Å². The molecule has 1 unspecified atom stereocenters. The second kappa shape index (κ2) is 6.65. The number of rotatable bonds is 4. The van der Waals surface area contributed by atoms with Crippen LogP contribution in [0.1, 0.15) is 44.0 Å². The van der Waals surface area contributed by atoms with Crippen LogP contribution in [0, 0.1) is 11.3 Å². The summed E-state index contributed by atoms with van der Waals surface area (Å²) in [6.07, 6.45) is 3.56. The highest BCUT2D eigenvalue weighted by Gasteiger charge is 2.62. The van der Waals surface area contributed by atoms with Gasteiger partial charge in [0, 0.05) is 50.5 Å². The molecule has 3 aliphatic rings. The molecular formula is C23H29N5O2. The van der Waals surface area contributed by atoms with E-state index in [0.29, 0.717) is 26.2 Å². The summed E-state index contributed by atoms with van der Waals surface area (Å²) in [5.74, 6) is 1.39. The first-order chi connectivity index (χ1) is 14.4. The molecular weight excluding hydrogens is 378 g/mol. The zero-order valence-corrected chi connectivity index (χ0v) is 17.9. The van der Waals surface area contributed by atoms with Crippen LogP contribution >= 0.6 is 0 Å². The van der Waals surface area contributed by atoms with Crippen molar-refractivity contribution >= 4 is 11.8 Å². The van der Waals surface area contributed by atoms with Crippen molar-refractivity contribution in [2.24, 2.45) is 18.4 Å². The van der Waals surface area contributed by atoms with E-state index in [1.807, 2.05) is 53.5 Å². The fourth-order valence-corrected chi connectivity index (χ4v) is 5.45. The summed E-state index contributed by atoms with van der Waals surface area (Å²) in [6.45, 7) is 6.58. The maximum Gasteiger partial charge on any atom is 0.233 e. The summed E-state index contributed by atoms with van der Waals surface area (Å²) in [6, 6.07) is 10.2. The van der Waals surface area contributed by atoms with Crippen molar-refractivity contribution < 1.29 is 9.59 Å². The van der Waals surface area contributed by atoms with Crippen molar-refractivity contribution in [2.75, 3.05) is 26.2 Å². The van der Waals surface area contributed by atoms with Crippen LogP contribution in [0.2, 0.25) is 0 Å². The Morgan fingerprint density at radius 2 is 1.73 bits per heavy atom. The topological polar surface area (TPSA) is 71.3 Å². The maximum atomic E-state index is 13.4.